The highest BCUT2D eigenvalue weighted by molar-refractivity contribution is 6.05. The number of aryl methyl sites for hydroxylation is 1. The number of nitrogens with two attached hydrogens (primary N) is 1. The number of anilines is 1. The van der Waals surface area contributed by atoms with Gasteiger partial charge in [-0.2, -0.15) is 0 Å². The van der Waals surface area contributed by atoms with Crippen LogP contribution in [-0.2, 0) is 16.6 Å². The van der Waals surface area contributed by atoms with Crippen LogP contribution in [0.5, 0.6) is 0 Å². The molecule has 0 atom stereocenters. The zero-order chi connectivity index (χ0) is 16.1. The third-order valence-corrected chi connectivity index (χ3v) is 2.99. The summed E-state index contributed by atoms with van der Waals surface area (Å²) in [5.74, 6) is -0.670. The number of nitrogens with one attached hydrogen (secondary N) is 1. The second kappa shape index (κ2) is 6.57. The maximum atomic E-state index is 12.2. The molecule has 0 unspecified atom stereocenters. The number of imidazole rings is 1. The van der Waals surface area contributed by atoms with Crippen LogP contribution in [0, 0.1) is 0 Å². The molecule has 1 amide bonds. The van der Waals surface area contributed by atoms with E-state index in [1.807, 2.05) is 0 Å². The van der Waals surface area contributed by atoms with Crippen molar-refractivity contribution in [2.24, 2.45) is 7.05 Å². The number of esters is 1. The average molecular weight is 300 g/mol. The van der Waals surface area contributed by atoms with Crippen molar-refractivity contribution in [2.45, 2.75) is 0 Å². The normalized spacial score (nSPS) is 11.1. The molecule has 0 aliphatic carbocycles. The first kappa shape index (κ1) is 15.3. The minimum Gasteiger partial charge on any atom is -0.464 e. The quantitative estimate of drug-likeness (QED) is 0.497. The first-order valence-corrected chi connectivity index (χ1v) is 6.46. The number of hydrogen-bond acceptors (Lipinski definition) is 5. The Morgan fingerprint density at radius 3 is 2.68 bits per heavy atom. The van der Waals surface area contributed by atoms with Crippen LogP contribution in [0.1, 0.15) is 16.2 Å². The lowest BCUT2D eigenvalue weighted by Crippen LogP contribution is -2.28. The summed E-state index contributed by atoms with van der Waals surface area (Å²) in [7, 11) is 3.00. The number of carbonyl (C=O) groups is 2. The summed E-state index contributed by atoms with van der Waals surface area (Å²) in [6, 6.07) is 6.58. The molecule has 0 aliphatic heterocycles. The molecular weight excluding hydrogens is 284 g/mol. The molecule has 0 fully saturated rings. The lowest BCUT2D eigenvalue weighted by Gasteiger charge is -2.09. The number of nitrogens with zero attached hydrogens (tertiary/aromatic N) is 2. The predicted molar refractivity (Wildman–Crippen MR) is 81.5 cm³/mol. The molecular formula is C15H16N4O3. The van der Waals surface area contributed by atoms with E-state index in [1.165, 1.54) is 13.2 Å². The maximum Gasteiger partial charge on any atom is 0.354 e. The van der Waals surface area contributed by atoms with Crippen molar-refractivity contribution in [1.82, 2.24) is 14.9 Å². The monoisotopic (exact) mass is 300 g/mol. The number of para-hydroxylation sites is 1. The highest BCUT2D eigenvalue weighted by atomic mass is 16.5. The van der Waals surface area contributed by atoms with E-state index in [-0.39, 0.29) is 11.3 Å². The minimum atomic E-state index is -0.675. The number of hydrogen-bond donors (Lipinski definition) is 2. The van der Waals surface area contributed by atoms with E-state index in [4.69, 9.17) is 5.73 Å². The van der Waals surface area contributed by atoms with Crippen molar-refractivity contribution in [3.05, 3.63) is 53.7 Å². The fourth-order valence-electron chi connectivity index (χ4n) is 1.79. The van der Waals surface area contributed by atoms with E-state index in [2.05, 4.69) is 15.0 Å². The molecule has 7 nitrogen and oxygen atoms in total. The average Bonchev–Trinajstić information content (AvgIpc) is 2.91. The Labute approximate surface area is 127 Å². The van der Waals surface area contributed by atoms with Gasteiger partial charge >= 0.3 is 5.97 Å². The Morgan fingerprint density at radius 1 is 1.36 bits per heavy atom. The molecule has 0 saturated carbocycles. The number of rotatable bonds is 4. The van der Waals surface area contributed by atoms with Gasteiger partial charge in [0.25, 0.3) is 5.91 Å². The lowest BCUT2D eigenvalue weighted by atomic mass is 10.1. The molecule has 114 valence electrons. The van der Waals surface area contributed by atoms with Crippen LogP contribution in [-0.4, -0.2) is 28.5 Å². The van der Waals surface area contributed by atoms with Crippen LogP contribution in [0.4, 0.5) is 5.69 Å². The fraction of sp³-hybridized carbons (Fsp3) is 0.133. The van der Waals surface area contributed by atoms with E-state index in [0.717, 1.165) is 0 Å². The van der Waals surface area contributed by atoms with Gasteiger partial charge in [-0.1, -0.05) is 12.1 Å². The molecule has 2 aromatic rings. The van der Waals surface area contributed by atoms with Crippen molar-refractivity contribution in [1.29, 1.82) is 0 Å². The van der Waals surface area contributed by atoms with Crippen LogP contribution in [0.3, 0.4) is 0 Å². The third-order valence-electron chi connectivity index (χ3n) is 2.99. The molecule has 0 radical (unpaired) electrons. The summed E-state index contributed by atoms with van der Waals surface area (Å²) in [6.07, 6.45) is 4.73. The van der Waals surface area contributed by atoms with Crippen LogP contribution >= 0.6 is 0 Å². The second-order valence-corrected chi connectivity index (χ2v) is 4.49. The Bertz CT molecular complexity index is 734. The van der Waals surface area contributed by atoms with Gasteiger partial charge in [0.15, 0.2) is 0 Å². The Kier molecular flexibility index (Phi) is 4.57. The molecule has 0 aliphatic rings. The fourth-order valence-corrected chi connectivity index (χ4v) is 1.79. The lowest BCUT2D eigenvalue weighted by molar-refractivity contribution is -0.136. The summed E-state index contributed by atoms with van der Waals surface area (Å²) in [4.78, 5) is 28.1. The van der Waals surface area contributed by atoms with Gasteiger partial charge in [-0.25, -0.2) is 9.78 Å². The van der Waals surface area contributed by atoms with Crippen molar-refractivity contribution >= 4 is 23.6 Å². The molecule has 1 heterocycles. The molecule has 22 heavy (non-hydrogen) atoms. The smallest absolute Gasteiger partial charge is 0.354 e. The molecule has 1 aromatic carbocycles. The first-order chi connectivity index (χ1) is 10.5. The van der Waals surface area contributed by atoms with Crippen molar-refractivity contribution in [2.75, 3.05) is 12.8 Å². The van der Waals surface area contributed by atoms with E-state index in [1.54, 1.807) is 48.3 Å². The zero-order valence-electron chi connectivity index (χ0n) is 12.2. The van der Waals surface area contributed by atoms with E-state index in [9.17, 15) is 9.59 Å². The Hall–Kier alpha value is -3.09. The minimum absolute atomic E-state index is 0.0231. The van der Waals surface area contributed by atoms with E-state index >= 15 is 0 Å². The number of carbonyl (C=O) groups excluding carboxylic acids is 2. The van der Waals surface area contributed by atoms with Gasteiger partial charge in [-0.3, -0.25) is 4.79 Å². The number of nitrogen functional groups attached to an aromatic ring is 1. The van der Waals surface area contributed by atoms with Gasteiger partial charge < -0.3 is 20.4 Å². The number of aromatic nitrogens is 2. The van der Waals surface area contributed by atoms with E-state index < -0.39 is 11.9 Å². The van der Waals surface area contributed by atoms with Gasteiger partial charge in [0.1, 0.15) is 11.5 Å². The summed E-state index contributed by atoms with van der Waals surface area (Å²) in [5, 5.41) is 2.50. The van der Waals surface area contributed by atoms with Gasteiger partial charge in [0.2, 0.25) is 0 Å². The summed E-state index contributed by atoms with van der Waals surface area (Å²) < 4.78 is 6.38. The van der Waals surface area contributed by atoms with Crippen molar-refractivity contribution in [3.63, 3.8) is 0 Å². The molecule has 1 aromatic heterocycles. The SMILES string of the molecule is COC(=O)C(=Cc1nccn1C)NC(=O)c1ccccc1N. The highest BCUT2D eigenvalue weighted by Gasteiger charge is 2.17. The largest absolute Gasteiger partial charge is 0.464 e. The third kappa shape index (κ3) is 3.32. The number of benzene rings is 1. The topological polar surface area (TPSA) is 99.2 Å². The van der Waals surface area contributed by atoms with Gasteiger partial charge in [-0.15, -0.1) is 0 Å². The highest BCUT2D eigenvalue weighted by Crippen LogP contribution is 2.12. The summed E-state index contributed by atoms with van der Waals surface area (Å²) in [6.45, 7) is 0. The van der Waals surface area contributed by atoms with Gasteiger partial charge in [-0.05, 0) is 12.1 Å². The van der Waals surface area contributed by atoms with Crippen LogP contribution < -0.4 is 11.1 Å². The van der Waals surface area contributed by atoms with Gasteiger partial charge in [0.05, 0.1) is 12.7 Å². The van der Waals surface area contributed by atoms with Crippen molar-refractivity contribution in [3.8, 4) is 0 Å². The molecule has 3 N–H and O–H groups in total. The Balaban J connectivity index is 2.30. The molecule has 7 heteroatoms. The molecule has 0 spiro atoms. The summed E-state index contributed by atoms with van der Waals surface area (Å²) in [5.41, 5.74) is 6.33. The second-order valence-electron chi connectivity index (χ2n) is 4.49. The maximum absolute atomic E-state index is 12.2. The standard InChI is InChI=1S/C15H16N4O3/c1-19-8-7-17-13(19)9-12(15(21)22-2)18-14(20)10-5-3-4-6-11(10)16/h3-9H,16H2,1-2H3,(H,18,20). The number of amides is 1. The zero-order valence-corrected chi connectivity index (χ0v) is 12.2. The first-order valence-electron chi connectivity index (χ1n) is 6.46. The molecule has 0 bridgehead atoms. The molecule has 2 rings (SSSR count). The van der Waals surface area contributed by atoms with E-state index in [0.29, 0.717) is 11.5 Å². The Morgan fingerprint density at radius 2 is 2.09 bits per heavy atom. The van der Waals surface area contributed by atoms with Gasteiger partial charge in [0, 0.05) is 31.2 Å². The summed E-state index contributed by atoms with van der Waals surface area (Å²) >= 11 is 0. The van der Waals surface area contributed by atoms with Crippen LogP contribution in [0.25, 0.3) is 6.08 Å². The molecule has 0 saturated heterocycles. The predicted octanol–water partition coefficient (Wildman–Crippen LogP) is 0.946. The van der Waals surface area contributed by atoms with Crippen molar-refractivity contribution < 1.29 is 14.3 Å². The number of methoxy groups -OCH3 is 1. The number of ether oxygens (including phenoxy) is 1. The van der Waals surface area contributed by atoms with Crippen LogP contribution in [0.15, 0.2) is 42.4 Å². The van der Waals surface area contributed by atoms with Crippen LogP contribution in [0.2, 0.25) is 0 Å².